The van der Waals surface area contributed by atoms with E-state index in [1.54, 1.807) is 16.7 Å². The van der Waals surface area contributed by atoms with Gasteiger partial charge in [0, 0.05) is 26.8 Å². The van der Waals surface area contributed by atoms with Crippen molar-refractivity contribution in [2.24, 2.45) is 0 Å². The van der Waals surface area contributed by atoms with Crippen molar-refractivity contribution in [2.75, 3.05) is 4.90 Å². The lowest BCUT2D eigenvalue weighted by Gasteiger charge is -2.18. The average Bonchev–Trinajstić information content (AvgIpc) is 3.11. The highest BCUT2D eigenvalue weighted by molar-refractivity contribution is 8.16. The highest BCUT2D eigenvalue weighted by Gasteiger charge is 2.30. The predicted molar refractivity (Wildman–Crippen MR) is 145 cm³/mol. The van der Waals surface area contributed by atoms with Crippen LogP contribution < -0.4 is 4.90 Å². The normalized spacial score (nSPS) is 17.2. The van der Waals surface area contributed by atoms with E-state index in [4.69, 9.17) is 0 Å². The summed E-state index contributed by atoms with van der Waals surface area (Å²) in [6, 6.07) is 30.7. The largest absolute Gasteiger partial charge is 0.281 e. The maximum Gasteiger partial charge on any atom is 0.262 e. The van der Waals surface area contributed by atoms with Crippen LogP contribution in [-0.2, 0) is 4.79 Å². The number of allylic oxidation sites excluding steroid dienone is 6. The van der Waals surface area contributed by atoms with Gasteiger partial charge in [0.05, 0.1) is 0 Å². The summed E-state index contributed by atoms with van der Waals surface area (Å²) in [4.78, 5) is 17.5. The maximum absolute atomic E-state index is 13.3. The van der Waals surface area contributed by atoms with Crippen molar-refractivity contribution < 1.29 is 4.79 Å². The van der Waals surface area contributed by atoms with E-state index < -0.39 is 0 Å². The third-order valence-electron chi connectivity index (χ3n) is 6.10. The first kappa shape index (κ1) is 22.0. The Kier molecular flexibility index (Phi) is 6.20. The Hall–Kier alpha value is -3.82. The van der Waals surface area contributed by atoms with E-state index >= 15 is 0 Å². The van der Waals surface area contributed by atoms with Gasteiger partial charge >= 0.3 is 0 Å². The van der Waals surface area contributed by atoms with Gasteiger partial charge in [0.15, 0.2) is 0 Å². The van der Waals surface area contributed by atoms with Gasteiger partial charge in [0.2, 0.25) is 0 Å². The van der Waals surface area contributed by atoms with Crippen LogP contribution in [0.2, 0.25) is 0 Å². The Labute approximate surface area is 205 Å². The third kappa shape index (κ3) is 4.35. The molecule has 3 aromatic carbocycles. The second kappa shape index (κ2) is 9.58. The molecule has 0 unspecified atom stereocenters. The molecule has 0 saturated heterocycles. The Morgan fingerprint density at radius 2 is 1.18 bits per heavy atom. The average molecular weight is 460 g/mol. The van der Waals surface area contributed by atoms with Crippen LogP contribution in [0.5, 0.6) is 0 Å². The molecule has 3 aromatic rings. The smallest absolute Gasteiger partial charge is 0.262 e. The number of rotatable bonds is 4. The van der Waals surface area contributed by atoms with Gasteiger partial charge < -0.3 is 0 Å². The first-order valence-corrected chi connectivity index (χ1v) is 12.1. The molecule has 0 atom stereocenters. The van der Waals surface area contributed by atoms with Crippen LogP contribution in [0, 0.1) is 0 Å². The number of thioether (sulfide) groups is 1. The molecule has 0 saturated carbocycles. The second-order valence-electron chi connectivity index (χ2n) is 8.28. The van der Waals surface area contributed by atoms with Gasteiger partial charge in [-0.05, 0) is 66.5 Å². The molecule has 2 nitrogen and oxygen atoms in total. The van der Waals surface area contributed by atoms with Gasteiger partial charge in [0.25, 0.3) is 5.91 Å². The number of carbonyl (C=O) groups is 1. The zero-order chi connectivity index (χ0) is 23.5. The zero-order valence-electron chi connectivity index (χ0n) is 19.2. The van der Waals surface area contributed by atoms with Gasteiger partial charge in [-0.3, -0.25) is 9.69 Å². The van der Waals surface area contributed by atoms with Crippen molar-refractivity contribution in [3.8, 4) is 0 Å². The highest BCUT2D eigenvalue weighted by Crippen LogP contribution is 2.44. The van der Waals surface area contributed by atoms with E-state index in [0.717, 1.165) is 28.1 Å². The van der Waals surface area contributed by atoms with Crippen LogP contribution in [0.25, 0.3) is 9.81 Å². The minimum atomic E-state index is 0.0164. The Balaban J connectivity index is 1.54. The number of hydrogen-bond donors (Lipinski definition) is 0. The molecule has 0 N–H and O–H groups in total. The van der Waals surface area contributed by atoms with Gasteiger partial charge in [-0.2, -0.15) is 0 Å². The predicted octanol–water partition coefficient (Wildman–Crippen LogP) is 8.01. The Bertz CT molecular complexity index is 1320. The van der Waals surface area contributed by atoms with Crippen LogP contribution in [-0.4, -0.2) is 5.91 Å². The van der Waals surface area contributed by atoms with Gasteiger partial charge in [0.1, 0.15) is 0 Å². The number of hydrogen-bond acceptors (Lipinski definition) is 2. The lowest BCUT2D eigenvalue weighted by molar-refractivity contribution is -0.114. The van der Waals surface area contributed by atoms with Gasteiger partial charge in [-0.1, -0.05) is 96.7 Å². The van der Waals surface area contributed by atoms with E-state index in [-0.39, 0.29) is 5.91 Å². The summed E-state index contributed by atoms with van der Waals surface area (Å²) in [6.07, 6.45) is 8.42. The number of anilines is 1. The van der Waals surface area contributed by atoms with Crippen LogP contribution in [0.4, 0.5) is 5.69 Å². The fraction of sp³-hybridized carbons (Fsp3) is 0.0645. The van der Waals surface area contributed by atoms with Gasteiger partial charge in [-0.15, -0.1) is 0 Å². The van der Waals surface area contributed by atoms with Crippen molar-refractivity contribution in [3.05, 3.63) is 149 Å². The van der Waals surface area contributed by atoms with Crippen molar-refractivity contribution in [3.63, 3.8) is 0 Å². The Morgan fingerprint density at radius 1 is 0.676 bits per heavy atom. The molecule has 0 bridgehead atoms. The topological polar surface area (TPSA) is 20.3 Å². The zero-order valence-corrected chi connectivity index (χ0v) is 20.0. The third-order valence-corrected chi connectivity index (χ3v) is 7.25. The summed E-state index contributed by atoms with van der Waals surface area (Å²) >= 11 is 1.77. The molecule has 3 heteroatoms. The first-order valence-electron chi connectivity index (χ1n) is 11.3. The van der Waals surface area contributed by atoms with Crippen LogP contribution in [0.15, 0.2) is 138 Å². The molecule has 0 spiro atoms. The first-order chi connectivity index (χ1) is 16.6. The molecule has 166 valence electrons. The van der Waals surface area contributed by atoms with E-state index in [1.165, 1.54) is 20.9 Å². The molecule has 2 aliphatic heterocycles. The standard InChI is InChI=1S/C31H25NOS/c1-22-23(2)32(27-16-10-5-11-17-27)31(33)28(22)19-18-24-20-29(25-12-6-3-7-13-25)34-30(21-24)26-14-8-4-9-15-26/h3-21H,1-2H3/b28-19+. The minimum absolute atomic E-state index is 0.0164. The fourth-order valence-corrected chi connectivity index (χ4v) is 5.30. The molecule has 0 aromatic heterocycles. The van der Waals surface area contributed by atoms with Crippen LogP contribution in [0.3, 0.4) is 0 Å². The van der Waals surface area contributed by atoms with Crippen molar-refractivity contribution in [2.45, 2.75) is 13.8 Å². The van der Waals surface area contributed by atoms with Crippen molar-refractivity contribution in [1.82, 2.24) is 0 Å². The van der Waals surface area contributed by atoms with E-state index in [9.17, 15) is 4.79 Å². The molecule has 2 heterocycles. The number of para-hydroxylation sites is 1. The molecule has 0 fully saturated rings. The molecule has 34 heavy (non-hydrogen) atoms. The maximum atomic E-state index is 13.3. The monoisotopic (exact) mass is 459 g/mol. The molecular weight excluding hydrogens is 434 g/mol. The summed E-state index contributed by atoms with van der Waals surface area (Å²) in [5, 5.41) is 0. The Morgan fingerprint density at radius 3 is 1.71 bits per heavy atom. The highest BCUT2D eigenvalue weighted by atomic mass is 32.2. The molecule has 2 aliphatic rings. The lowest BCUT2D eigenvalue weighted by Crippen LogP contribution is -2.24. The number of amides is 1. The van der Waals surface area contributed by atoms with E-state index in [2.05, 4.69) is 66.8 Å². The van der Waals surface area contributed by atoms with E-state index in [1.807, 2.05) is 62.4 Å². The second-order valence-corrected chi connectivity index (χ2v) is 9.37. The summed E-state index contributed by atoms with van der Waals surface area (Å²) in [7, 11) is 0. The minimum Gasteiger partial charge on any atom is -0.281 e. The van der Waals surface area contributed by atoms with Gasteiger partial charge in [-0.25, -0.2) is 0 Å². The molecular formula is C31H25NOS. The molecule has 0 radical (unpaired) electrons. The summed E-state index contributed by atoms with van der Waals surface area (Å²) in [6.45, 7) is 4.03. The quantitative estimate of drug-likeness (QED) is 0.368. The summed E-state index contributed by atoms with van der Waals surface area (Å²) in [5.41, 5.74) is 7.05. The molecule has 1 amide bonds. The summed E-state index contributed by atoms with van der Waals surface area (Å²) in [5.74, 6) is 0.0164. The fourth-order valence-electron chi connectivity index (χ4n) is 4.17. The molecule has 0 aliphatic carbocycles. The van der Waals surface area contributed by atoms with Crippen LogP contribution >= 0.6 is 11.8 Å². The summed E-state index contributed by atoms with van der Waals surface area (Å²) < 4.78 is 0. The lowest BCUT2D eigenvalue weighted by atomic mass is 10.1. The van der Waals surface area contributed by atoms with Crippen molar-refractivity contribution >= 4 is 33.2 Å². The number of carbonyl (C=O) groups excluding carboxylic acids is 1. The van der Waals surface area contributed by atoms with Crippen molar-refractivity contribution in [1.29, 1.82) is 0 Å². The SMILES string of the molecule is CC1=C(C)N(c2ccccc2)C(=O)/C1=C/C=C1C=C(c2ccccc2)SC(c2ccccc2)=C1. The van der Waals surface area contributed by atoms with Crippen LogP contribution in [0.1, 0.15) is 25.0 Å². The van der Waals surface area contributed by atoms with E-state index in [0.29, 0.717) is 0 Å². The number of benzene rings is 3. The number of nitrogens with zero attached hydrogens (tertiary/aromatic N) is 1. The molecule has 5 rings (SSSR count).